The van der Waals surface area contributed by atoms with Crippen LogP contribution >= 0.6 is 11.6 Å². The first-order chi connectivity index (χ1) is 11.3. The zero-order valence-corrected chi connectivity index (χ0v) is 13.8. The number of ketones is 2. The zero-order chi connectivity index (χ0) is 17.9. The van der Waals surface area contributed by atoms with E-state index in [-0.39, 0.29) is 46.3 Å². The number of carbonyl (C=O) groups is 2. The summed E-state index contributed by atoms with van der Waals surface area (Å²) in [6, 6.07) is 8.38. The fourth-order valence-corrected chi connectivity index (χ4v) is 2.26. The molecule has 0 amide bonds. The molecule has 0 aliphatic carbocycles. The molecule has 0 aliphatic rings. The first-order valence-electron chi connectivity index (χ1n) is 7.13. The van der Waals surface area contributed by atoms with Crippen molar-refractivity contribution >= 4 is 28.9 Å². The molecule has 0 aliphatic heterocycles. The number of halogens is 1. The molecule has 0 spiro atoms. The maximum Gasteiger partial charge on any atom is 0.312 e. The monoisotopic (exact) mass is 347 g/mol. The highest BCUT2D eigenvalue weighted by atomic mass is 35.5. The molecule has 0 radical (unpaired) electrons. The van der Waals surface area contributed by atoms with Crippen LogP contribution in [0.1, 0.15) is 41.0 Å². The Balaban J connectivity index is 2.50. The van der Waals surface area contributed by atoms with E-state index in [0.29, 0.717) is 5.02 Å². The van der Waals surface area contributed by atoms with Gasteiger partial charge in [0.1, 0.15) is 5.75 Å². The molecule has 0 atom stereocenters. The Kier molecular flexibility index (Phi) is 5.31. The summed E-state index contributed by atoms with van der Waals surface area (Å²) in [6.07, 6.45) is 0.238. The predicted octanol–water partition coefficient (Wildman–Crippen LogP) is 4.84. The van der Waals surface area contributed by atoms with Gasteiger partial charge in [-0.3, -0.25) is 19.7 Å². The van der Waals surface area contributed by atoms with Gasteiger partial charge in [-0.2, -0.15) is 0 Å². The second kappa shape index (κ2) is 7.23. The van der Waals surface area contributed by atoms with Gasteiger partial charge in [-0.05, 0) is 37.3 Å². The average Bonchev–Trinajstić information content (AvgIpc) is 2.55. The number of Topliss-reactive ketones (excluding diaryl/α,β-unsaturated/α-hetero) is 2. The Labute approximate surface area is 143 Å². The molecule has 2 aromatic carbocycles. The molecule has 6 nitrogen and oxygen atoms in total. The molecule has 0 saturated carbocycles. The van der Waals surface area contributed by atoms with Crippen molar-refractivity contribution in [3.8, 4) is 11.5 Å². The van der Waals surface area contributed by atoms with Crippen molar-refractivity contribution in [3.63, 3.8) is 0 Å². The number of hydrogen-bond donors (Lipinski definition) is 0. The van der Waals surface area contributed by atoms with E-state index in [1.54, 1.807) is 6.92 Å². The summed E-state index contributed by atoms with van der Waals surface area (Å²) in [4.78, 5) is 34.0. The number of ether oxygens (including phenoxy) is 1. The first kappa shape index (κ1) is 17.6. The fourth-order valence-electron chi connectivity index (χ4n) is 2.08. The lowest BCUT2D eigenvalue weighted by Crippen LogP contribution is -2.02. The molecule has 0 fully saturated rings. The summed E-state index contributed by atoms with van der Waals surface area (Å²) < 4.78 is 5.58. The van der Waals surface area contributed by atoms with E-state index in [1.807, 2.05) is 0 Å². The third-order valence-electron chi connectivity index (χ3n) is 3.35. The molecule has 0 heterocycles. The van der Waals surface area contributed by atoms with E-state index in [2.05, 4.69) is 0 Å². The SMILES string of the molecule is CCC(=O)c1cc(Cl)ccc1Oc1ccc(C(C)=O)cc1[N+](=O)[O-]. The number of nitro benzene ring substituents is 1. The summed E-state index contributed by atoms with van der Waals surface area (Å²) in [5.41, 5.74) is 0.0949. The lowest BCUT2D eigenvalue weighted by atomic mass is 10.1. The summed E-state index contributed by atoms with van der Waals surface area (Å²) in [6.45, 7) is 3.01. The number of benzene rings is 2. The smallest absolute Gasteiger partial charge is 0.312 e. The van der Waals surface area contributed by atoms with Crippen molar-refractivity contribution in [2.24, 2.45) is 0 Å². The molecule has 0 N–H and O–H groups in total. The van der Waals surface area contributed by atoms with Crippen molar-refractivity contribution in [1.82, 2.24) is 0 Å². The van der Waals surface area contributed by atoms with Gasteiger partial charge in [0.2, 0.25) is 5.75 Å². The minimum Gasteiger partial charge on any atom is -0.449 e. The van der Waals surface area contributed by atoms with Gasteiger partial charge in [-0.25, -0.2) is 0 Å². The van der Waals surface area contributed by atoms with Crippen molar-refractivity contribution in [1.29, 1.82) is 0 Å². The van der Waals surface area contributed by atoms with Crippen LogP contribution in [0.2, 0.25) is 5.02 Å². The Hall–Kier alpha value is -2.73. The Morgan fingerprint density at radius 2 is 1.83 bits per heavy atom. The van der Waals surface area contributed by atoms with Crippen LogP contribution in [0.3, 0.4) is 0 Å². The third kappa shape index (κ3) is 3.78. The topological polar surface area (TPSA) is 86.5 Å². The van der Waals surface area contributed by atoms with Crippen molar-refractivity contribution in [2.45, 2.75) is 20.3 Å². The number of rotatable bonds is 6. The van der Waals surface area contributed by atoms with Crippen molar-refractivity contribution in [2.75, 3.05) is 0 Å². The Bertz CT molecular complexity index is 832. The van der Waals surface area contributed by atoms with Crippen molar-refractivity contribution in [3.05, 3.63) is 62.7 Å². The second-order valence-electron chi connectivity index (χ2n) is 5.02. The minimum absolute atomic E-state index is 0.0579. The van der Waals surface area contributed by atoms with Gasteiger partial charge >= 0.3 is 5.69 Å². The molecule has 124 valence electrons. The summed E-state index contributed by atoms with van der Waals surface area (Å²) >= 11 is 5.90. The van der Waals surface area contributed by atoms with E-state index in [9.17, 15) is 19.7 Å². The largest absolute Gasteiger partial charge is 0.449 e. The molecule has 2 rings (SSSR count). The van der Waals surface area contributed by atoms with Gasteiger partial charge in [0.15, 0.2) is 11.6 Å². The van der Waals surface area contributed by atoms with Gasteiger partial charge in [0, 0.05) is 23.1 Å². The van der Waals surface area contributed by atoms with E-state index in [4.69, 9.17) is 16.3 Å². The highest BCUT2D eigenvalue weighted by Crippen LogP contribution is 2.35. The Morgan fingerprint density at radius 1 is 1.17 bits per heavy atom. The van der Waals surface area contributed by atoms with Gasteiger partial charge in [0.25, 0.3) is 0 Å². The molecule has 0 saturated heterocycles. The van der Waals surface area contributed by atoms with Gasteiger partial charge in [0.05, 0.1) is 10.5 Å². The number of nitrogens with zero attached hydrogens (tertiary/aromatic N) is 1. The van der Waals surface area contributed by atoms with Crippen LogP contribution in [0.5, 0.6) is 11.5 Å². The highest BCUT2D eigenvalue weighted by Gasteiger charge is 2.20. The van der Waals surface area contributed by atoms with Crippen LogP contribution in [-0.2, 0) is 0 Å². The fraction of sp³-hybridized carbons (Fsp3) is 0.176. The van der Waals surface area contributed by atoms with Gasteiger partial charge < -0.3 is 4.74 Å². The lowest BCUT2D eigenvalue weighted by Gasteiger charge is -2.11. The summed E-state index contributed by atoms with van der Waals surface area (Å²) in [5.74, 6) is -0.379. The van der Waals surface area contributed by atoms with E-state index in [0.717, 1.165) is 6.07 Å². The van der Waals surface area contributed by atoms with Crippen LogP contribution in [-0.4, -0.2) is 16.5 Å². The Morgan fingerprint density at radius 3 is 2.42 bits per heavy atom. The number of nitro groups is 1. The molecule has 7 heteroatoms. The lowest BCUT2D eigenvalue weighted by molar-refractivity contribution is -0.385. The highest BCUT2D eigenvalue weighted by molar-refractivity contribution is 6.31. The molecule has 2 aromatic rings. The number of hydrogen-bond acceptors (Lipinski definition) is 5. The maximum atomic E-state index is 12.0. The average molecular weight is 348 g/mol. The van der Waals surface area contributed by atoms with Gasteiger partial charge in [-0.1, -0.05) is 18.5 Å². The predicted molar refractivity (Wildman–Crippen MR) is 89.2 cm³/mol. The molecular formula is C17H14ClNO5. The molecule has 0 aromatic heterocycles. The molecular weight excluding hydrogens is 334 g/mol. The zero-order valence-electron chi connectivity index (χ0n) is 13.0. The molecule has 24 heavy (non-hydrogen) atoms. The van der Waals surface area contributed by atoms with Crippen LogP contribution in [0.15, 0.2) is 36.4 Å². The van der Waals surface area contributed by atoms with Crippen LogP contribution in [0, 0.1) is 10.1 Å². The van der Waals surface area contributed by atoms with E-state index < -0.39 is 4.92 Å². The standard InChI is InChI=1S/C17H14ClNO5/c1-3-15(21)13-9-12(18)5-7-16(13)24-17-6-4-11(10(2)20)8-14(17)19(22)23/h4-9H,3H2,1-2H3. The summed E-state index contributed by atoms with van der Waals surface area (Å²) in [7, 11) is 0. The molecule has 0 unspecified atom stereocenters. The number of carbonyl (C=O) groups excluding carboxylic acids is 2. The normalized spacial score (nSPS) is 10.3. The van der Waals surface area contributed by atoms with Gasteiger partial charge in [-0.15, -0.1) is 0 Å². The minimum atomic E-state index is -0.640. The third-order valence-corrected chi connectivity index (χ3v) is 3.58. The maximum absolute atomic E-state index is 12.0. The summed E-state index contributed by atoms with van der Waals surface area (Å²) in [5, 5.41) is 11.6. The van der Waals surface area contributed by atoms with Crippen LogP contribution in [0.4, 0.5) is 5.69 Å². The van der Waals surface area contributed by atoms with Crippen LogP contribution < -0.4 is 4.74 Å². The molecule has 0 bridgehead atoms. The first-order valence-corrected chi connectivity index (χ1v) is 7.51. The quantitative estimate of drug-likeness (QED) is 0.424. The van der Waals surface area contributed by atoms with Crippen LogP contribution in [0.25, 0.3) is 0 Å². The van der Waals surface area contributed by atoms with Crippen molar-refractivity contribution < 1.29 is 19.2 Å². The second-order valence-corrected chi connectivity index (χ2v) is 5.45. The van der Waals surface area contributed by atoms with E-state index in [1.165, 1.54) is 37.3 Å². The van der Waals surface area contributed by atoms with E-state index >= 15 is 0 Å².